The maximum absolute atomic E-state index is 10.5. The summed E-state index contributed by atoms with van der Waals surface area (Å²) in [6.07, 6.45) is 2.00. The zero-order valence-corrected chi connectivity index (χ0v) is 9.38. The number of primary amides is 1. The van der Waals surface area contributed by atoms with E-state index in [1.165, 1.54) is 6.92 Å². The van der Waals surface area contributed by atoms with Crippen molar-refractivity contribution in [2.75, 3.05) is 0 Å². The molecule has 1 amide bonds. The number of nitrogens with two attached hydrogens (primary N) is 2. The molecule has 0 saturated carbocycles. The zero-order chi connectivity index (χ0) is 11.6. The highest BCUT2D eigenvalue weighted by molar-refractivity contribution is 5.75. The first kappa shape index (κ1) is 15.6. The van der Waals surface area contributed by atoms with Crippen molar-refractivity contribution in [1.29, 1.82) is 0 Å². The van der Waals surface area contributed by atoms with Crippen molar-refractivity contribution in [3.8, 4) is 0 Å². The first-order valence-corrected chi connectivity index (χ1v) is 5.05. The van der Waals surface area contributed by atoms with Gasteiger partial charge in [0.25, 0.3) is 0 Å². The summed E-state index contributed by atoms with van der Waals surface area (Å²) < 4.78 is 0. The summed E-state index contributed by atoms with van der Waals surface area (Å²) in [5, 5.41) is 0. The van der Waals surface area contributed by atoms with Gasteiger partial charge in [-0.2, -0.15) is 0 Å². The Morgan fingerprint density at radius 3 is 1.93 bits per heavy atom. The second kappa shape index (κ2) is 10.2. The van der Waals surface area contributed by atoms with Crippen LogP contribution >= 0.6 is 0 Å². The summed E-state index contributed by atoms with van der Waals surface area (Å²) in [5.41, 5.74) is 10.5. The number of hydrogen-bond donors (Lipinski definition) is 2. The monoisotopic (exact) mass is 202 g/mol. The quantitative estimate of drug-likeness (QED) is 0.673. The van der Waals surface area contributed by atoms with Crippen molar-refractivity contribution in [2.24, 2.45) is 11.5 Å². The third-order valence-electron chi connectivity index (χ3n) is 1.63. The minimum absolute atomic E-state index is 0.0820. The van der Waals surface area contributed by atoms with Gasteiger partial charge in [-0.15, -0.1) is 0 Å². The maximum atomic E-state index is 10.5. The van der Waals surface area contributed by atoms with Crippen molar-refractivity contribution in [2.45, 2.75) is 52.5 Å². The summed E-state index contributed by atoms with van der Waals surface area (Å²) in [6, 6.07) is -0.0820. The molecule has 0 fully saturated rings. The molecule has 0 bridgehead atoms. The molecule has 4 heteroatoms. The lowest BCUT2D eigenvalue weighted by molar-refractivity contribution is -0.118. The summed E-state index contributed by atoms with van der Waals surface area (Å²) in [7, 11) is 0. The van der Waals surface area contributed by atoms with Crippen LogP contribution in [0, 0.1) is 0 Å². The number of carbonyl (C=O) groups is 2. The molecule has 14 heavy (non-hydrogen) atoms. The Hall–Kier alpha value is -0.900. The molecule has 0 heterocycles. The highest BCUT2D eigenvalue weighted by atomic mass is 16.1. The van der Waals surface area contributed by atoms with Crippen molar-refractivity contribution >= 4 is 11.7 Å². The first-order valence-electron chi connectivity index (χ1n) is 5.05. The Balaban J connectivity index is 0. The molecular weight excluding hydrogens is 180 g/mol. The van der Waals surface area contributed by atoms with Gasteiger partial charge in [0.05, 0.1) is 0 Å². The molecule has 84 valence electrons. The van der Waals surface area contributed by atoms with E-state index in [4.69, 9.17) is 11.5 Å². The summed E-state index contributed by atoms with van der Waals surface area (Å²) in [6.45, 7) is 5.53. The molecule has 0 aromatic carbocycles. The van der Waals surface area contributed by atoms with Crippen molar-refractivity contribution in [3.05, 3.63) is 0 Å². The van der Waals surface area contributed by atoms with Crippen LogP contribution in [-0.4, -0.2) is 17.7 Å². The Labute approximate surface area is 86.0 Å². The Morgan fingerprint density at radius 1 is 1.14 bits per heavy atom. The van der Waals surface area contributed by atoms with Gasteiger partial charge in [0, 0.05) is 18.9 Å². The van der Waals surface area contributed by atoms with Crippen LogP contribution in [-0.2, 0) is 9.59 Å². The highest BCUT2D eigenvalue weighted by Gasteiger charge is 2.05. The third-order valence-corrected chi connectivity index (χ3v) is 1.63. The van der Waals surface area contributed by atoms with E-state index in [0.29, 0.717) is 25.7 Å². The number of ketones is 1. The lowest BCUT2D eigenvalue weighted by Crippen LogP contribution is -2.23. The van der Waals surface area contributed by atoms with Crippen LogP contribution in [0.2, 0.25) is 0 Å². The molecule has 4 nitrogen and oxygen atoms in total. The fraction of sp³-hybridized carbons (Fsp3) is 0.800. The number of Topliss-reactive ketones (excluding diaryl/α,β-unsaturated/α-hetero) is 1. The van der Waals surface area contributed by atoms with Crippen molar-refractivity contribution in [3.63, 3.8) is 0 Å². The smallest absolute Gasteiger partial charge is 0.217 e. The molecular formula is C10H22N2O2. The average molecular weight is 202 g/mol. The fourth-order valence-corrected chi connectivity index (χ4v) is 0.861. The summed E-state index contributed by atoms with van der Waals surface area (Å²) in [5.74, 6) is -0.210. The normalized spacial score (nSPS) is 11.1. The van der Waals surface area contributed by atoms with E-state index in [2.05, 4.69) is 0 Å². The van der Waals surface area contributed by atoms with Gasteiger partial charge in [-0.3, -0.25) is 4.79 Å². The molecule has 0 spiro atoms. The molecule has 0 aliphatic carbocycles. The van der Waals surface area contributed by atoms with Gasteiger partial charge in [0.15, 0.2) is 0 Å². The zero-order valence-electron chi connectivity index (χ0n) is 9.38. The van der Waals surface area contributed by atoms with Crippen LogP contribution in [0.4, 0.5) is 0 Å². The van der Waals surface area contributed by atoms with E-state index in [9.17, 15) is 9.59 Å². The number of rotatable bonds is 6. The van der Waals surface area contributed by atoms with Gasteiger partial charge < -0.3 is 16.3 Å². The van der Waals surface area contributed by atoms with E-state index in [-0.39, 0.29) is 17.7 Å². The minimum atomic E-state index is -0.340. The van der Waals surface area contributed by atoms with Crippen LogP contribution in [0.5, 0.6) is 0 Å². The molecule has 1 atom stereocenters. The number of hydrogen-bond acceptors (Lipinski definition) is 3. The molecule has 0 aliphatic heterocycles. The molecule has 0 aromatic heterocycles. The van der Waals surface area contributed by atoms with E-state index < -0.39 is 0 Å². The van der Waals surface area contributed by atoms with Gasteiger partial charge in [-0.1, -0.05) is 13.8 Å². The van der Waals surface area contributed by atoms with Gasteiger partial charge in [-0.25, -0.2) is 0 Å². The number of amides is 1. The molecule has 0 rings (SSSR count). The second-order valence-corrected chi connectivity index (χ2v) is 3.01. The van der Waals surface area contributed by atoms with Gasteiger partial charge in [-0.05, 0) is 19.8 Å². The van der Waals surface area contributed by atoms with Crippen LogP contribution in [0.1, 0.15) is 46.5 Å². The number of carbonyl (C=O) groups excluding carboxylic acids is 2. The predicted octanol–water partition coefficient (Wildman–Crippen LogP) is 0.975. The van der Waals surface area contributed by atoms with Crippen LogP contribution in [0.3, 0.4) is 0 Å². The molecule has 0 aliphatic rings. The molecule has 4 N–H and O–H groups in total. The van der Waals surface area contributed by atoms with E-state index in [1.807, 2.05) is 13.8 Å². The van der Waals surface area contributed by atoms with Gasteiger partial charge in [0.2, 0.25) is 5.91 Å². The Morgan fingerprint density at radius 2 is 1.57 bits per heavy atom. The predicted molar refractivity (Wildman–Crippen MR) is 57.7 cm³/mol. The Kier molecular flexibility index (Phi) is 11.3. The second-order valence-electron chi connectivity index (χ2n) is 3.01. The highest BCUT2D eigenvalue weighted by Crippen LogP contribution is 2.02. The molecule has 0 radical (unpaired) electrons. The molecule has 0 saturated heterocycles. The topological polar surface area (TPSA) is 86.2 Å². The summed E-state index contributed by atoms with van der Waals surface area (Å²) >= 11 is 0. The largest absolute Gasteiger partial charge is 0.370 e. The SMILES string of the molecule is CC.CC(=O)CCC(N)CCC(N)=O. The van der Waals surface area contributed by atoms with E-state index >= 15 is 0 Å². The van der Waals surface area contributed by atoms with Crippen LogP contribution < -0.4 is 11.5 Å². The standard InChI is InChI=1S/C8H16N2O2.C2H6/c1-6(11)2-3-7(9)4-5-8(10)12;1-2/h7H,2-5,9H2,1H3,(H2,10,12);1-2H3. The van der Waals surface area contributed by atoms with Gasteiger partial charge in [0.1, 0.15) is 5.78 Å². The fourth-order valence-electron chi connectivity index (χ4n) is 0.861. The van der Waals surface area contributed by atoms with Gasteiger partial charge >= 0.3 is 0 Å². The molecule has 0 aromatic rings. The van der Waals surface area contributed by atoms with Crippen molar-refractivity contribution < 1.29 is 9.59 Å². The molecule has 1 unspecified atom stereocenters. The lowest BCUT2D eigenvalue weighted by Gasteiger charge is -2.07. The van der Waals surface area contributed by atoms with Crippen molar-refractivity contribution in [1.82, 2.24) is 0 Å². The van der Waals surface area contributed by atoms with Crippen LogP contribution in [0.15, 0.2) is 0 Å². The third kappa shape index (κ3) is 13.7. The van der Waals surface area contributed by atoms with E-state index in [1.54, 1.807) is 0 Å². The van der Waals surface area contributed by atoms with Crippen LogP contribution in [0.25, 0.3) is 0 Å². The van der Waals surface area contributed by atoms with E-state index in [0.717, 1.165) is 0 Å². The Bertz CT molecular complexity index is 152. The summed E-state index contributed by atoms with van der Waals surface area (Å²) in [4.78, 5) is 20.9. The average Bonchev–Trinajstić information content (AvgIpc) is 2.14. The minimum Gasteiger partial charge on any atom is -0.370 e. The maximum Gasteiger partial charge on any atom is 0.217 e. The first-order chi connectivity index (χ1) is 6.52. The lowest BCUT2D eigenvalue weighted by atomic mass is 10.1.